The zero-order valence-electron chi connectivity index (χ0n) is 15.1. The molecule has 2 rings (SSSR count). The molecule has 152 valence electrons. The third kappa shape index (κ3) is 6.38. The van der Waals surface area contributed by atoms with Crippen LogP contribution in [-0.4, -0.2) is 29.5 Å². The Morgan fingerprint density at radius 3 is 2.48 bits per heavy atom. The molecular weight excluding hydrogens is 390 g/mol. The fourth-order valence-corrected chi connectivity index (χ4v) is 2.22. The van der Waals surface area contributed by atoms with Gasteiger partial charge in [-0.1, -0.05) is 24.3 Å². The van der Waals surface area contributed by atoms with Crippen LogP contribution in [0.5, 0.6) is 5.75 Å². The van der Waals surface area contributed by atoms with Crippen LogP contribution in [0.1, 0.15) is 12.5 Å². The van der Waals surface area contributed by atoms with Gasteiger partial charge in [0.25, 0.3) is 11.6 Å². The van der Waals surface area contributed by atoms with Gasteiger partial charge in [-0.3, -0.25) is 14.9 Å². The number of nitro groups is 1. The minimum Gasteiger partial charge on any atom is -0.449 e. The number of rotatable bonds is 8. The molecule has 0 spiro atoms. The van der Waals surface area contributed by atoms with Crippen molar-refractivity contribution < 1.29 is 32.8 Å². The molecule has 1 N–H and O–H groups in total. The van der Waals surface area contributed by atoms with E-state index in [1.54, 1.807) is 6.07 Å². The summed E-state index contributed by atoms with van der Waals surface area (Å²) in [7, 11) is 0. The van der Waals surface area contributed by atoms with E-state index in [9.17, 15) is 28.5 Å². The Hall–Kier alpha value is -3.82. The Bertz CT molecular complexity index is 932. The molecule has 0 aliphatic rings. The smallest absolute Gasteiger partial charge is 0.387 e. The average molecular weight is 406 g/mol. The van der Waals surface area contributed by atoms with Gasteiger partial charge in [-0.15, -0.1) is 0 Å². The Morgan fingerprint density at radius 1 is 1.14 bits per heavy atom. The molecule has 2 aromatic carbocycles. The van der Waals surface area contributed by atoms with E-state index >= 15 is 0 Å². The number of hydrogen-bond donors (Lipinski definition) is 1. The van der Waals surface area contributed by atoms with Gasteiger partial charge in [-0.2, -0.15) is 8.78 Å². The average Bonchev–Trinajstić information content (AvgIpc) is 2.67. The quantitative estimate of drug-likeness (QED) is 0.309. The molecule has 0 aliphatic heterocycles. The summed E-state index contributed by atoms with van der Waals surface area (Å²) < 4.78 is 34.1. The number of nitro benzene ring substituents is 1. The molecular formula is C19H16F2N2O6. The van der Waals surface area contributed by atoms with Gasteiger partial charge in [0.2, 0.25) is 0 Å². The molecule has 0 heterocycles. The van der Waals surface area contributed by atoms with Crippen molar-refractivity contribution in [2.75, 3.05) is 5.32 Å². The molecule has 0 aromatic heterocycles. The first-order valence-electron chi connectivity index (χ1n) is 8.24. The highest BCUT2D eigenvalue weighted by atomic mass is 19.3. The van der Waals surface area contributed by atoms with Crippen molar-refractivity contribution in [1.29, 1.82) is 0 Å². The van der Waals surface area contributed by atoms with Crippen LogP contribution in [0.15, 0.2) is 54.6 Å². The maximum atomic E-state index is 12.4. The van der Waals surface area contributed by atoms with E-state index in [1.165, 1.54) is 55.5 Å². The van der Waals surface area contributed by atoms with E-state index < -0.39 is 29.5 Å². The van der Waals surface area contributed by atoms with Crippen molar-refractivity contribution >= 4 is 29.3 Å². The van der Waals surface area contributed by atoms with Gasteiger partial charge in [0, 0.05) is 12.1 Å². The molecule has 0 saturated carbocycles. The number of para-hydroxylation sites is 3. The maximum absolute atomic E-state index is 12.4. The van der Waals surface area contributed by atoms with Crippen molar-refractivity contribution in [1.82, 2.24) is 0 Å². The third-order valence-electron chi connectivity index (χ3n) is 3.56. The zero-order valence-corrected chi connectivity index (χ0v) is 15.1. The third-order valence-corrected chi connectivity index (χ3v) is 3.56. The summed E-state index contributed by atoms with van der Waals surface area (Å²) in [6, 6.07) is 11.3. The number of benzene rings is 2. The van der Waals surface area contributed by atoms with E-state index in [0.29, 0.717) is 0 Å². The van der Waals surface area contributed by atoms with E-state index in [1.807, 2.05) is 0 Å². The number of halogens is 2. The minimum atomic E-state index is -3.07. The minimum absolute atomic E-state index is 0.0175. The molecule has 2 aromatic rings. The number of alkyl halides is 2. The Morgan fingerprint density at radius 2 is 1.79 bits per heavy atom. The predicted molar refractivity (Wildman–Crippen MR) is 99.4 cm³/mol. The molecule has 10 heteroatoms. The molecule has 1 amide bonds. The lowest BCUT2D eigenvalue weighted by Crippen LogP contribution is -2.29. The fraction of sp³-hybridized carbons (Fsp3) is 0.158. The molecule has 0 fully saturated rings. The molecule has 8 nitrogen and oxygen atoms in total. The van der Waals surface area contributed by atoms with Crippen LogP contribution >= 0.6 is 0 Å². The van der Waals surface area contributed by atoms with E-state index in [2.05, 4.69) is 10.1 Å². The van der Waals surface area contributed by atoms with Crippen molar-refractivity contribution in [3.05, 3.63) is 70.3 Å². The monoisotopic (exact) mass is 406 g/mol. The first-order chi connectivity index (χ1) is 13.8. The summed E-state index contributed by atoms with van der Waals surface area (Å²) in [6.07, 6.45) is 0.870. The number of hydrogen-bond acceptors (Lipinski definition) is 6. The molecule has 1 atom stereocenters. The van der Waals surface area contributed by atoms with Gasteiger partial charge in [0.05, 0.1) is 16.2 Å². The van der Waals surface area contributed by atoms with Gasteiger partial charge in [-0.25, -0.2) is 4.79 Å². The SMILES string of the molecule is CC(OC(=O)/C=C/c1ccccc1[N+](=O)[O-])C(=O)Nc1ccccc1OC(F)F. The van der Waals surface area contributed by atoms with Crippen LogP contribution in [-0.2, 0) is 14.3 Å². The molecule has 0 radical (unpaired) electrons. The second-order valence-corrected chi connectivity index (χ2v) is 5.59. The van der Waals surface area contributed by atoms with Gasteiger partial charge in [0.15, 0.2) is 6.10 Å². The molecule has 0 bridgehead atoms. The number of anilines is 1. The number of nitrogens with one attached hydrogen (secondary N) is 1. The van der Waals surface area contributed by atoms with Crippen molar-refractivity contribution in [3.8, 4) is 5.75 Å². The van der Waals surface area contributed by atoms with Crippen LogP contribution in [0.3, 0.4) is 0 Å². The van der Waals surface area contributed by atoms with Crippen molar-refractivity contribution in [2.24, 2.45) is 0 Å². The normalized spacial score (nSPS) is 11.9. The topological polar surface area (TPSA) is 108 Å². The number of esters is 1. The predicted octanol–water partition coefficient (Wildman–Crippen LogP) is 3.78. The first-order valence-corrected chi connectivity index (χ1v) is 8.24. The van der Waals surface area contributed by atoms with E-state index in [-0.39, 0.29) is 22.7 Å². The summed E-state index contributed by atoms with van der Waals surface area (Å²) in [5.41, 5.74) is -0.0289. The van der Waals surface area contributed by atoms with Gasteiger partial charge >= 0.3 is 12.6 Å². The number of amides is 1. The van der Waals surface area contributed by atoms with Crippen LogP contribution in [0.25, 0.3) is 6.08 Å². The lowest BCUT2D eigenvalue weighted by molar-refractivity contribution is -0.385. The summed E-state index contributed by atoms with van der Waals surface area (Å²) in [5, 5.41) is 13.3. The van der Waals surface area contributed by atoms with Crippen LogP contribution in [0.2, 0.25) is 0 Å². The Balaban J connectivity index is 2.00. The summed E-state index contributed by atoms with van der Waals surface area (Å²) in [6.45, 7) is -1.79. The summed E-state index contributed by atoms with van der Waals surface area (Å²) in [4.78, 5) is 34.4. The highest BCUT2D eigenvalue weighted by Crippen LogP contribution is 2.25. The maximum Gasteiger partial charge on any atom is 0.387 e. The number of carbonyl (C=O) groups excluding carboxylic acids is 2. The fourth-order valence-electron chi connectivity index (χ4n) is 2.22. The highest BCUT2D eigenvalue weighted by molar-refractivity contribution is 5.97. The summed E-state index contributed by atoms with van der Waals surface area (Å²) >= 11 is 0. The standard InChI is InChI=1S/C19H16F2N2O6/c1-12(18(25)22-14-7-3-5-9-16(14)29-19(20)21)28-17(24)11-10-13-6-2-4-8-15(13)23(26)27/h2-12,19H,1H3,(H,22,25)/b11-10+. The zero-order chi connectivity index (χ0) is 21.4. The highest BCUT2D eigenvalue weighted by Gasteiger charge is 2.19. The molecule has 29 heavy (non-hydrogen) atoms. The van der Waals surface area contributed by atoms with Crippen LogP contribution in [0, 0.1) is 10.1 Å². The summed E-state index contributed by atoms with van der Waals surface area (Å²) in [5.74, 6) is -1.93. The van der Waals surface area contributed by atoms with Gasteiger partial charge < -0.3 is 14.8 Å². The lowest BCUT2D eigenvalue weighted by atomic mass is 10.1. The molecule has 0 saturated heterocycles. The second kappa shape index (κ2) is 9.93. The Labute approximate surface area is 163 Å². The van der Waals surface area contributed by atoms with Gasteiger partial charge in [-0.05, 0) is 31.2 Å². The molecule has 1 unspecified atom stereocenters. The van der Waals surface area contributed by atoms with Crippen LogP contribution < -0.4 is 10.1 Å². The largest absolute Gasteiger partial charge is 0.449 e. The molecule has 0 aliphatic carbocycles. The first kappa shape index (κ1) is 21.5. The number of nitrogens with zero attached hydrogens (tertiary/aromatic N) is 1. The van der Waals surface area contributed by atoms with Crippen molar-refractivity contribution in [3.63, 3.8) is 0 Å². The number of carbonyl (C=O) groups is 2. The number of ether oxygens (including phenoxy) is 2. The van der Waals surface area contributed by atoms with Crippen molar-refractivity contribution in [2.45, 2.75) is 19.6 Å². The second-order valence-electron chi connectivity index (χ2n) is 5.59. The Kier molecular flexibility index (Phi) is 7.35. The lowest BCUT2D eigenvalue weighted by Gasteiger charge is -2.15. The van der Waals surface area contributed by atoms with Crippen LogP contribution in [0.4, 0.5) is 20.2 Å². The van der Waals surface area contributed by atoms with Gasteiger partial charge in [0.1, 0.15) is 5.75 Å². The van der Waals surface area contributed by atoms with E-state index in [4.69, 9.17) is 4.74 Å². The van der Waals surface area contributed by atoms with E-state index in [0.717, 1.165) is 6.08 Å².